The standard InChI is InChI=1S/C20H20N4O3/c21-13-4-6-14(7-5-13)22-10-12-2-1-3-15-16(12)11-24(20(15)27)17-8-9-18(25)23-19(17)26/h1-7,17,22H,8-11,21H2,(H,23,25,26). The number of piperidine rings is 1. The zero-order chi connectivity index (χ0) is 19.0. The highest BCUT2D eigenvalue weighted by Gasteiger charge is 2.39. The van der Waals surface area contributed by atoms with Gasteiger partial charge in [-0.3, -0.25) is 19.7 Å². The number of carbonyl (C=O) groups excluding carboxylic acids is 3. The van der Waals surface area contributed by atoms with Crippen molar-refractivity contribution >= 4 is 29.1 Å². The number of nitrogens with two attached hydrogens (primary N) is 1. The van der Waals surface area contributed by atoms with E-state index in [0.29, 0.717) is 30.8 Å². The van der Waals surface area contributed by atoms with Gasteiger partial charge in [-0.2, -0.15) is 0 Å². The molecule has 0 radical (unpaired) electrons. The normalized spacial score (nSPS) is 19.0. The number of amides is 3. The van der Waals surface area contributed by atoms with Gasteiger partial charge in [-0.05, 0) is 47.9 Å². The van der Waals surface area contributed by atoms with Crippen molar-refractivity contribution in [1.29, 1.82) is 0 Å². The number of imide groups is 1. The van der Waals surface area contributed by atoms with Crippen molar-refractivity contribution in [3.05, 3.63) is 59.2 Å². The number of benzene rings is 2. The molecule has 3 amide bonds. The van der Waals surface area contributed by atoms with E-state index in [1.807, 2.05) is 36.4 Å². The van der Waals surface area contributed by atoms with Crippen molar-refractivity contribution in [2.24, 2.45) is 0 Å². The SMILES string of the molecule is Nc1ccc(NCc2cccc3c2CN(C2CCC(=O)NC2=O)C3=O)cc1. The molecule has 1 fully saturated rings. The zero-order valence-corrected chi connectivity index (χ0v) is 14.7. The summed E-state index contributed by atoms with van der Waals surface area (Å²) >= 11 is 0. The number of hydrogen-bond acceptors (Lipinski definition) is 5. The molecule has 0 bridgehead atoms. The molecular weight excluding hydrogens is 344 g/mol. The first kappa shape index (κ1) is 17.1. The average molecular weight is 364 g/mol. The van der Waals surface area contributed by atoms with Crippen LogP contribution in [-0.2, 0) is 22.7 Å². The average Bonchev–Trinajstić information content (AvgIpc) is 2.99. The Kier molecular flexibility index (Phi) is 4.27. The van der Waals surface area contributed by atoms with Gasteiger partial charge in [0.25, 0.3) is 5.91 Å². The van der Waals surface area contributed by atoms with Crippen LogP contribution in [-0.4, -0.2) is 28.7 Å². The molecule has 4 N–H and O–H groups in total. The maximum absolute atomic E-state index is 12.8. The molecule has 27 heavy (non-hydrogen) atoms. The van der Waals surface area contributed by atoms with E-state index < -0.39 is 11.9 Å². The summed E-state index contributed by atoms with van der Waals surface area (Å²) in [5.74, 6) is -0.836. The summed E-state index contributed by atoms with van der Waals surface area (Å²) in [6.45, 7) is 0.934. The van der Waals surface area contributed by atoms with Gasteiger partial charge in [0.15, 0.2) is 0 Å². The summed E-state index contributed by atoms with van der Waals surface area (Å²) in [7, 11) is 0. The number of carbonyl (C=O) groups is 3. The molecule has 0 aromatic heterocycles. The fraction of sp³-hybridized carbons (Fsp3) is 0.250. The third-order valence-electron chi connectivity index (χ3n) is 5.07. The van der Waals surface area contributed by atoms with Crippen molar-refractivity contribution in [1.82, 2.24) is 10.2 Å². The van der Waals surface area contributed by atoms with Gasteiger partial charge in [0.05, 0.1) is 0 Å². The van der Waals surface area contributed by atoms with Gasteiger partial charge in [0.1, 0.15) is 6.04 Å². The van der Waals surface area contributed by atoms with Crippen molar-refractivity contribution in [3.63, 3.8) is 0 Å². The number of fused-ring (bicyclic) bond motifs is 1. The maximum Gasteiger partial charge on any atom is 0.255 e. The van der Waals surface area contributed by atoms with Gasteiger partial charge in [-0.25, -0.2) is 0 Å². The molecule has 2 aliphatic rings. The minimum absolute atomic E-state index is 0.158. The monoisotopic (exact) mass is 364 g/mol. The molecule has 1 unspecified atom stereocenters. The van der Waals surface area contributed by atoms with Crippen LogP contribution >= 0.6 is 0 Å². The minimum Gasteiger partial charge on any atom is -0.399 e. The third kappa shape index (κ3) is 3.23. The first-order valence-corrected chi connectivity index (χ1v) is 8.88. The van der Waals surface area contributed by atoms with Crippen LogP contribution in [0.15, 0.2) is 42.5 Å². The second-order valence-corrected chi connectivity index (χ2v) is 6.82. The number of nitrogens with one attached hydrogen (secondary N) is 2. The highest BCUT2D eigenvalue weighted by Crippen LogP contribution is 2.30. The van der Waals surface area contributed by atoms with Gasteiger partial charge in [-0.15, -0.1) is 0 Å². The second kappa shape index (κ2) is 6.75. The van der Waals surface area contributed by atoms with Crippen molar-refractivity contribution < 1.29 is 14.4 Å². The lowest BCUT2D eigenvalue weighted by Gasteiger charge is -2.29. The summed E-state index contributed by atoms with van der Waals surface area (Å²) in [6, 6.07) is 12.5. The molecule has 2 aromatic carbocycles. The zero-order valence-electron chi connectivity index (χ0n) is 14.7. The predicted molar refractivity (Wildman–Crippen MR) is 101 cm³/mol. The molecule has 7 heteroatoms. The molecule has 0 spiro atoms. The Labute approximate surface area is 156 Å². The largest absolute Gasteiger partial charge is 0.399 e. The van der Waals surface area contributed by atoms with Gasteiger partial charge in [0, 0.05) is 36.4 Å². The smallest absolute Gasteiger partial charge is 0.255 e. The highest BCUT2D eigenvalue weighted by atomic mass is 16.2. The van der Waals surface area contributed by atoms with Crippen LogP contribution in [0.3, 0.4) is 0 Å². The van der Waals surface area contributed by atoms with Gasteiger partial charge >= 0.3 is 0 Å². The van der Waals surface area contributed by atoms with E-state index in [2.05, 4.69) is 10.6 Å². The Morgan fingerprint density at radius 1 is 1.11 bits per heavy atom. The van der Waals surface area contributed by atoms with E-state index in [9.17, 15) is 14.4 Å². The Hall–Kier alpha value is -3.35. The maximum atomic E-state index is 12.8. The molecule has 2 aliphatic heterocycles. The molecule has 2 aromatic rings. The first-order chi connectivity index (χ1) is 13.0. The molecule has 1 saturated heterocycles. The van der Waals surface area contributed by atoms with Crippen LogP contribution in [0, 0.1) is 0 Å². The lowest BCUT2D eigenvalue weighted by atomic mass is 10.0. The first-order valence-electron chi connectivity index (χ1n) is 8.88. The van der Waals surface area contributed by atoms with Crippen molar-refractivity contribution in [3.8, 4) is 0 Å². The van der Waals surface area contributed by atoms with Crippen LogP contribution in [0.1, 0.15) is 34.3 Å². The predicted octanol–water partition coefficient (Wildman–Crippen LogP) is 1.64. The van der Waals surface area contributed by atoms with E-state index in [0.717, 1.165) is 16.8 Å². The Balaban J connectivity index is 1.53. The van der Waals surface area contributed by atoms with E-state index >= 15 is 0 Å². The molecule has 4 rings (SSSR count). The second-order valence-electron chi connectivity index (χ2n) is 6.82. The third-order valence-corrected chi connectivity index (χ3v) is 5.07. The van der Waals surface area contributed by atoms with Crippen LogP contribution in [0.25, 0.3) is 0 Å². The molecule has 0 saturated carbocycles. The number of nitrogens with zero attached hydrogens (tertiary/aromatic N) is 1. The molecular formula is C20H20N4O3. The number of nitrogen functional groups attached to an aromatic ring is 1. The lowest BCUT2D eigenvalue weighted by molar-refractivity contribution is -0.136. The van der Waals surface area contributed by atoms with E-state index in [4.69, 9.17) is 5.73 Å². The van der Waals surface area contributed by atoms with Crippen LogP contribution in [0.5, 0.6) is 0 Å². The van der Waals surface area contributed by atoms with Crippen LogP contribution in [0.2, 0.25) is 0 Å². The quantitative estimate of drug-likeness (QED) is 0.565. The molecule has 0 aliphatic carbocycles. The van der Waals surface area contributed by atoms with Gasteiger partial charge in [-0.1, -0.05) is 12.1 Å². The summed E-state index contributed by atoms with van der Waals surface area (Å²) in [4.78, 5) is 37.9. The fourth-order valence-electron chi connectivity index (χ4n) is 3.61. The molecule has 138 valence electrons. The summed E-state index contributed by atoms with van der Waals surface area (Å²) < 4.78 is 0. The van der Waals surface area contributed by atoms with Gasteiger partial charge in [0.2, 0.25) is 11.8 Å². The van der Waals surface area contributed by atoms with E-state index in [1.165, 1.54) is 0 Å². The molecule has 1 atom stereocenters. The number of hydrogen-bond donors (Lipinski definition) is 3. The lowest BCUT2D eigenvalue weighted by Crippen LogP contribution is -2.52. The highest BCUT2D eigenvalue weighted by molar-refractivity contribution is 6.05. The van der Waals surface area contributed by atoms with Crippen LogP contribution in [0.4, 0.5) is 11.4 Å². The Morgan fingerprint density at radius 2 is 1.89 bits per heavy atom. The summed E-state index contributed by atoms with van der Waals surface area (Å²) in [5.41, 5.74) is 9.90. The summed E-state index contributed by atoms with van der Waals surface area (Å²) in [5, 5.41) is 5.66. The molecule has 2 heterocycles. The molecule has 7 nitrogen and oxygen atoms in total. The minimum atomic E-state index is -0.597. The Morgan fingerprint density at radius 3 is 2.63 bits per heavy atom. The van der Waals surface area contributed by atoms with E-state index in [-0.39, 0.29) is 18.2 Å². The van der Waals surface area contributed by atoms with Crippen LogP contribution < -0.4 is 16.4 Å². The fourth-order valence-corrected chi connectivity index (χ4v) is 3.61. The van der Waals surface area contributed by atoms with E-state index in [1.54, 1.807) is 11.0 Å². The Bertz CT molecular complexity index is 923. The number of rotatable bonds is 4. The number of anilines is 2. The van der Waals surface area contributed by atoms with Crippen molar-refractivity contribution in [2.45, 2.75) is 32.0 Å². The summed E-state index contributed by atoms with van der Waals surface area (Å²) in [6.07, 6.45) is 0.617. The van der Waals surface area contributed by atoms with Gasteiger partial charge < -0.3 is 16.0 Å². The topological polar surface area (TPSA) is 105 Å². The van der Waals surface area contributed by atoms with Crippen molar-refractivity contribution in [2.75, 3.05) is 11.1 Å².